The van der Waals surface area contributed by atoms with Crippen molar-refractivity contribution in [2.45, 2.75) is 26.7 Å². The highest BCUT2D eigenvalue weighted by molar-refractivity contribution is 5.98. The molecular weight excluding hydrogens is 456 g/mol. The maximum absolute atomic E-state index is 13.1. The van der Waals surface area contributed by atoms with Crippen LogP contribution in [0.15, 0.2) is 70.5 Å². The van der Waals surface area contributed by atoms with Gasteiger partial charge in [0.25, 0.3) is 0 Å². The van der Waals surface area contributed by atoms with Crippen LogP contribution in [0.5, 0.6) is 17.2 Å². The first-order valence-electron chi connectivity index (χ1n) is 11.4. The molecule has 0 saturated carbocycles. The van der Waals surface area contributed by atoms with Crippen LogP contribution in [0.1, 0.15) is 44.3 Å². The van der Waals surface area contributed by atoms with Crippen molar-refractivity contribution in [3.63, 3.8) is 0 Å². The number of ether oxygens (including phenoxy) is 3. The van der Waals surface area contributed by atoms with Crippen LogP contribution in [0, 0.1) is 32.1 Å². The minimum Gasteiger partial charge on any atom is -0.496 e. The zero-order chi connectivity index (χ0) is 25.6. The lowest BCUT2D eigenvalue weighted by Crippen LogP contribution is -2.21. The summed E-state index contributed by atoms with van der Waals surface area (Å²) in [5.74, 6) is 0.303. The van der Waals surface area contributed by atoms with Gasteiger partial charge in [0.15, 0.2) is 0 Å². The predicted octanol–water partition coefficient (Wildman–Crippen LogP) is 5.80. The van der Waals surface area contributed by atoms with Gasteiger partial charge in [-0.25, -0.2) is 4.79 Å². The molecule has 7 heteroatoms. The summed E-state index contributed by atoms with van der Waals surface area (Å²) in [5, 5.41) is 10.7. The molecular formula is C29H24N2O5. The first-order valence-corrected chi connectivity index (χ1v) is 11.4. The lowest BCUT2D eigenvalue weighted by molar-refractivity contribution is 0.0702. The molecule has 0 amide bonds. The van der Waals surface area contributed by atoms with Crippen LogP contribution in [0.25, 0.3) is 11.0 Å². The number of hydrogen-bond donors (Lipinski definition) is 1. The lowest BCUT2D eigenvalue weighted by atomic mass is 9.83. The predicted molar refractivity (Wildman–Crippen MR) is 134 cm³/mol. The van der Waals surface area contributed by atoms with Crippen molar-refractivity contribution in [2.75, 3.05) is 7.11 Å². The number of carbonyl (C=O) groups excluding carboxylic acids is 1. The van der Waals surface area contributed by atoms with Crippen molar-refractivity contribution in [3.8, 4) is 23.3 Å². The Labute approximate surface area is 208 Å². The van der Waals surface area contributed by atoms with Crippen LogP contribution in [0.3, 0.4) is 0 Å². The average Bonchev–Trinajstić information content (AvgIpc) is 3.22. The summed E-state index contributed by atoms with van der Waals surface area (Å²) in [7, 11) is 1.57. The van der Waals surface area contributed by atoms with E-state index in [2.05, 4.69) is 6.07 Å². The van der Waals surface area contributed by atoms with Crippen molar-refractivity contribution >= 4 is 16.9 Å². The molecule has 5 rings (SSSR count). The highest BCUT2D eigenvalue weighted by Crippen LogP contribution is 2.46. The molecule has 1 aromatic heterocycles. The van der Waals surface area contributed by atoms with Gasteiger partial charge in [-0.3, -0.25) is 0 Å². The topological polar surface area (TPSA) is 108 Å². The van der Waals surface area contributed by atoms with Crippen LogP contribution in [0.2, 0.25) is 0 Å². The van der Waals surface area contributed by atoms with Gasteiger partial charge in [0.2, 0.25) is 11.6 Å². The molecule has 180 valence electrons. The summed E-state index contributed by atoms with van der Waals surface area (Å²) in [4.78, 5) is 13.1. The highest BCUT2D eigenvalue weighted by atomic mass is 16.5. The van der Waals surface area contributed by atoms with Crippen molar-refractivity contribution in [1.29, 1.82) is 5.26 Å². The summed E-state index contributed by atoms with van der Waals surface area (Å²) in [5.41, 5.74) is 11.3. The second kappa shape index (κ2) is 8.82. The molecule has 2 heterocycles. The number of hydrogen-bond acceptors (Lipinski definition) is 7. The van der Waals surface area contributed by atoms with Crippen molar-refractivity contribution in [3.05, 3.63) is 99.6 Å². The maximum Gasteiger partial charge on any atom is 0.379 e. The van der Waals surface area contributed by atoms with Gasteiger partial charge in [-0.1, -0.05) is 36.4 Å². The molecule has 0 aliphatic carbocycles. The number of carbonyl (C=O) groups is 1. The normalized spacial score (nSPS) is 14.7. The van der Waals surface area contributed by atoms with E-state index < -0.39 is 11.9 Å². The number of benzene rings is 3. The Morgan fingerprint density at radius 2 is 1.81 bits per heavy atom. The van der Waals surface area contributed by atoms with Gasteiger partial charge in [-0.15, -0.1) is 0 Å². The number of para-hydroxylation sites is 1. The number of fused-ring (bicyclic) bond motifs is 2. The molecule has 0 bridgehead atoms. The second-order valence-corrected chi connectivity index (χ2v) is 8.70. The lowest BCUT2D eigenvalue weighted by Gasteiger charge is -2.27. The quantitative estimate of drug-likeness (QED) is 0.290. The first-order chi connectivity index (χ1) is 17.3. The summed E-state index contributed by atoms with van der Waals surface area (Å²) in [6.45, 7) is 5.79. The summed E-state index contributed by atoms with van der Waals surface area (Å²) < 4.78 is 22.9. The Morgan fingerprint density at radius 1 is 1.03 bits per heavy atom. The molecule has 1 aliphatic heterocycles. The molecule has 3 aromatic carbocycles. The Morgan fingerprint density at radius 3 is 2.56 bits per heavy atom. The number of nitrogens with zero attached hydrogens (tertiary/aromatic N) is 1. The number of furan rings is 1. The average molecular weight is 481 g/mol. The fourth-order valence-electron chi connectivity index (χ4n) is 4.59. The Hall–Kier alpha value is -4.70. The highest BCUT2D eigenvalue weighted by Gasteiger charge is 2.33. The number of aryl methyl sites for hydroxylation is 3. The van der Waals surface area contributed by atoms with Gasteiger partial charge in [0.05, 0.1) is 13.0 Å². The standard InChI is InChI=1S/C29H24N2O5/c1-15-9-11-19-17(3)27(36-26(19)16(15)2)29(32)34-18-10-12-21-24(13-18)35-28(31)22(14-30)25(21)20-7-5-6-8-23(20)33-4/h5-13,25H,31H2,1-4H3. The third-order valence-electron chi connectivity index (χ3n) is 6.66. The number of nitrogens with two attached hydrogens (primary N) is 1. The summed E-state index contributed by atoms with van der Waals surface area (Å²) in [6.07, 6.45) is 0. The molecule has 4 aromatic rings. The summed E-state index contributed by atoms with van der Waals surface area (Å²) in [6, 6.07) is 18.5. The molecule has 7 nitrogen and oxygen atoms in total. The van der Waals surface area contributed by atoms with E-state index in [-0.39, 0.29) is 23.0 Å². The van der Waals surface area contributed by atoms with Crippen LogP contribution >= 0.6 is 0 Å². The van der Waals surface area contributed by atoms with Crippen LogP contribution in [0.4, 0.5) is 0 Å². The number of methoxy groups -OCH3 is 1. The molecule has 1 atom stereocenters. The van der Waals surface area contributed by atoms with Crippen molar-refractivity contribution in [1.82, 2.24) is 0 Å². The van der Waals surface area contributed by atoms with Crippen LogP contribution in [-0.4, -0.2) is 13.1 Å². The molecule has 0 saturated heterocycles. The van der Waals surface area contributed by atoms with E-state index >= 15 is 0 Å². The van der Waals surface area contributed by atoms with E-state index in [1.165, 1.54) is 0 Å². The molecule has 0 fully saturated rings. The molecule has 1 aliphatic rings. The minimum absolute atomic E-state index is 0.0108. The van der Waals surface area contributed by atoms with Gasteiger partial charge in [0, 0.05) is 28.1 Å². The monoisotopic (exact) mass is 480 g/mol. The summed E-state index contributed by atoms with van der Waals surface area (Å²) >= 11 is 0. The van der Waals surface area contributed by atoms with Gasteiger partial charge in [0.1, 0.15) is 34.5 Å². The Bertz CT molecular complexity index is 1610. The zero-order valence-corrected chi connectivity index (χ0v) is 20.3. The van der Waals surface area contributed by atoms with Gasteiger partial charge in [-0.2, -0.15) is 5.26 Å². The van der Waals surface area contributed by atoms with Gasteiger partial charge < -0.3 is 24.4 Å². The molecule has 0 radical (unpaired) electrons. The number of esters is 1. The number of nitriles is 1. The number of allylic oxidation sites excluding steroid dienone is 1. The molecule has 0 spiro atoms. The SMILES string of the molecule is COc1ccccc1C1C(C#N)=C(N)Oc2cc(OC(=O)c3oc4c(C)c(C)ccc4c3C)ccc21. The number of rotatable bonds is 4. The van der Waals surface area contributed by atoms with Crippen molar-refractivity contribution < 1.29 is 23.4 Å². The van der Waals surface area contributed by atoms with Gasteiger partial charge >= 0.3 is 5.97 Å². The maximum atomic E-state index is 13.1. The molecule has 2 N–H and O–H groups in total. The van der Waals surface area contributed by atoms with E-state index in [0.717, 1.165) is 27.6 Å². The third kappa shape index (κ3) is 3.64. The fourth-order valence-corrected chi connectivity index (χ4v) is 4.59. The van der Waals surface area contributed by atoms with E-state index in [9.17, 15) is 10.1 Å². The van der Waals surface area contributed by atoms with Gasteiger partial charge in [-0.05, 0) is 44.0 Å². The fraction of sp³-hybridized carbons (Fsp3) is 0.172. The minimum atomic E-state index is -0.612. The first kappa shape index (κ1) is 23.1. The largest absolute Gasteiger partial charge is 0.496 e. The smallest absolute Gasteiger partial charge is 0.379 e. The Balaban J connectivity index is 1.52. The third-order valence-corrected chi connectivity index (χ3v) is 6.66. The van der Waals surface area contributed by atoms with Crippen LogP contribution < -0.4 is 19.9 Å². The zero-order valence-electron chi connectivity index (χ0n) is 20.3. The van der Waals surface area contributed by atoms with Crippen molar-refractivity contribution in [2.24, 2.45) is 5.73 Å². The van der Waals surface area contributed by atoms with E-state index in [0.29, 0.717) is 22.6 Å². The molecule has 1 unspecified atom stereocenters. The van der Waals surface area contributed by atoms with E-state index in [1.807, 2.05) is 57.2 Å². The van der Waals surface area contributed by atoms with E-state index in [4.69, 9.17) is 24.4 Å². The second-order valence-electron chi connectivity index (χ2n) is 8.70. The van der Waals surface area contributed by atoms with E-state index in [1.54, 1.807) is 25.3 Å². The Kier molecular flexibility index (Phi) is 5.65. The molecule has 36 heavy (non-hydrogen) atoms. The van der Waals surface area contributed by atoms with Crippen LogP contribution in [-0.2, 0) is 0 Å².